The quantitative estimate of drug-likeness (QED) is 0.290. The fraction of sp³-hybridized carbons (Fsp3) is 0.750. The molecule has 4 heteroatoms. The minimum atomic E-state index is -0.232. The molecule has 0 aliphatic heterocycles. The number of carbonyl (C=O) groups is 1. The Bertz CT molecular complexity index is 222. The lowest BCUT2D eigenvalue weighted by atomic mass is 10.1. The highest BCUT2D eigenvalue weighted by atomic mass is 16.5. The third kappa shape index (κ3) is 1.17. The SMILES string of the molecule is COC(=O)C1C(/C=N\O)C1(C)C. The second-order valence-corrected chi connectivity index (χ2v) is 3.61. The van der Waals surface area contributed by atoms with Gasteiger partial charge in [0.05, 0.1) is 13.0 Å². The van der Waals surface area contributed by atoms with E-state index in [-0.39, 0.29) is 23.2 Å². The lowest BCUT2D eigenvalue weighted by Gasteiger charge is -1.98. The third-order valence-corrected chi connectivity index (χ3v) is 2.59. The van der Waals surface area contributed by atoms with Crippen molar-refractivity contribution in [1.29, 1.82) is 0 Å². The Morgan fingerprint density at radius 1 is 1.67 bits per heavy atom. The van der Waals surface area contributed by atoms with E-state index in [0.29, 0.717) is 0 Å². The minimum absolute atomic E-state index is 0.00921. The van der Waals surface area contributed by atoms with Crippen molar-refractivity contribution >= 4 is 12.2 Å². The van der Waals surface area contributed by atoms with Gasteiger partial charge in [-0.05, 0) is 5.41 Å². The van der Waals surface area contributed by atoms with Crippen LogP contribution in [0, 0.1) is 17.3 Å². The number of hydrogen-bond donors (Lipinski definition) is 1. The predicted molar refractivity (Wildman–Crippen MR) is 43.1 cm³/mol. The molecule has 1 aliphatic rings. The molecule has 1 saturated carbocycles. The molecule has 0 radical (unpaired) electrons. The first-order chi connectivity index (χ1) is 5.55. The average Bonchev–Trinajstić information content (AvgIpc) is 2.53. The van der Waals surface area contributed by atoms with E-state index in [1.54, 1.807) is 0 Å². The molecule has 0 aromatic carbocycles. The molecule has 0 saturated heterocycles. The van der Waals surface area contributed by atoms with E-state index in [9.17, 15) is 4.79 Å². The van der Waals surface area contributed by atoms with Gasteiger partial charge in [0.2, 0.25) is 0 Å². The zero-order valence-electron chi connectivity index (χ0n) is 7.44. The van der Waals surface area contributed by atoms with Crippen LogP contribution in [0.25, 0.3) is 0 Å². The van der Waals surface area contributed by atoms with Gasteiger partial charge in [0.25, 0.3) is 0 Å². The zero-order valence-corrected chi connectivity index (χ0v) is 7.44. The van der Waals surface area contributed by atoms with Gasteiger partial charge in [-0.3, -0.25) is 4.79 Å². The van der Waals surface area contributed by atoms with Crippen LogP contribution in [0.5, 0.6) is 0 Å². The number of nitrogens with zero attached hydrogens (tertiary/aromatic N) is 1. The van der Waals surface area contributed by atoms with Crippen LogP contribution in [0.15, 0.2) is 5.16 Å². The Kier molecular flexibility index (Phi) is 2.08. The summed E-state index contributed by atoms with van der Waals surface area (Å²) in [5, 5.41) is 11.2. The van der Waals surface area contributed by atoms with Gasteiger partial charge in [-0.1, -0.05) is 13.8 Å². The Hall–Kier alpha value is -1.06. The van der Waals surface area contributed by atoms with Gasteiger partial charge in [0.15, 0.2) is 0 Å². The van der Waals surface area contributed by atoms with Crippen molar-refractivity contribution < 1.29 is 14.7 Å². The first-order valence-corrected chi connectivity index (χ1v) is 3.81. The molecule has 12 heavy (non-hydrogen) atoms. The summed E-state index contributed by atoms with van der Waals surface area (Å²) in [7, 11) is 1.36. The van der Waals surface area contributed by atoms with Gasteiger partial charge in [0, 0.05) is 12.1 Å². The molecule has 2 unspecified atom stereocenters. The van der Waals surface area contributed by atoms with E-state index in [2.05, 4.69) is 9.89 Å². The van der Waals surface area contributed by atoms with E-state index in [0.717, 1.165) is 0 Å². The summed E-state index contributed by atoms with van der Waals surface area (Å²) in [6.45, 7) is 3.89. The van der Waals surface area contributed by atoms with E-state index >= 15 is 0 Å². The smallest absolute Gasteiger partial charge is 0.309 e. The van der Waals surface area contributed by atoms with Crippen LogP contribution in [-0.4, -0.2) is 24.5 Å². The van der Waals surface area contributed by atoms with E-state index in [1.165, 1.54) is 13.3 Å². The molecule has 2 atom stereocenters. The van der Waals surface area contributed by atoms with Gasteiger partial charge in [0.1, 0.15) is 0 Å². The number of ether oxygens (including phenoxy) is 1. The number of rotatable bonds is 2. The van der Waals surface area contributed by atoms with Crippen molar-refractivity contribution in [2.75, 3.05) is 7.11 Å². The second kappa shape index (κ2) is 2.77. The molecule has 4 nitrogen and oxygen atoms in total. The molecule has 0 heterocycles. The molecule has 0 bridgehead atoms. The summed E-state index contributed by atoms with van der Waals surface area (Å²) in [6.07, 6.45) is 1.39. The van der Waals surface area contributed by atoms with E-state index < -0.39 is 0 Å². The summed E-state index contributed by atoms with van der Waals surface area (Å²) >= 11 is 0. The Labute approximate surface area is 71.2 Å². The zero-order chi connectivity index (χ0) is 9.35. The largest absolute Gasteiger partial charge is 0.469 e. The first-order valence-electron chi connectivity index (χ1n) is 3.81. The van der Waals surface area contributed by atoms with Crippen molar-refractivity contribution in [2.24, 2.45) is 22.4 Å². The molecule has 0 amide bonds. The number of carbonyl (C=O) groups excluding carboxylic acids is 1. The number of esters is 1. The summed E-state index contributed by atoms with van der Waals surface area (Å²) < 4.78 is 4.60. The Morgan fingerprint density at radius 3 is 2.67 bits per heavy atom. The highest BCUT2D eigenvalue weighted by molar-refractivity contribution is 5.85. The minimum Gasteiger partial charge on any atom is -0.469 e. The molecular weight excluding hydrogens is 158 g/mol. The van der Waals surface area contributed by atoms with Crippen LogP contribution in [0.3, 0.4) is 0 Å². The molecule has 68 valence electrons. The highest BCUT2D eigenvalue weighted by Gasteiger charge is 2.62. The second-order valence-electron chi connectivity index (χ2n) is 3.61. The normalized spacial score (nSPS) is 31.9. The molecule has 0 aromatic rings. The highest BCUT2D eigenvalue weighted by Crippen LogP contribution is 2.57. The van der Waals surface area contributed by atoms with Gasteiger partial charge < -0.3 is 9.94 Å². The van der Waals surface area contributed by atoms with Crippen LogP contribution >= 0.6 is 0 Å². The predicted octanol–water partition coefficient (Wildman–Crippen LogP) is 0.892. The van der Waals surface area contributed by atoms with Crippen molar-refractivity contribution in [1.82, 2.24) is 0 Å². The molecule has 1 aliphatic carbocycles. The third-order valence-electron chi connectivity index (χ3n) is 2.59. The first kappa shape index (κ1) is 9.03. The molecule has 1 rings (SSSR count). The van der Waals surface area contributed by atoms with Crippen LogP contribution in [-0.2, 0) is 9.53 Å². The lowest BCUT2D eigenvalue weighted by Crippen LogP contribution is -2.07. The molecular formula is C8H13NO3. The van der Waals surface area contributed by atoms with Crippen LogP contribution in [0.2, 0.25) is 0 Å². The number of hydrogen-bond acceptors (Lipinski definition) is 4. The monoisotopic (exact) mass is 171 g/mol. The van der Waals surface area contributed by atoms with Gasteiger partial charge in [-0.15, -0.1) is 5.16 Å². The molecule has 1 fully saturated rings. The van der Waals surface area contributed by atoms with Gasteiger partial charge in [-0.25, -0.2) is 0 Å². The maximum Gasteiger partial charge on any atom is 0.309 e. The van der Waals surface area contributed by atoms with E-state index in [1.807, 2.05) is 13.8 Å². The number of oxime groups is 1. The maximum absolute atomic E-state index is 11.1. The van der Waals surface area contributed by atoms with Crippen molar-refractivity contribution in [3.8, 4) is 0 Å². The summed E-state index contributed by atoms with van der Waals surface area (Å²) in [5.74, 6) is -0.377. The van der Waals surface area contributed by atoms with Gasteiger partial charge in [-0.2, -0.15) is 0 Å². The van der Waals surface area contributed by atoms with Crippen LogP contribution < -0.4 is 0 Å². The Morgan fingerprint density at radius 2 is 2.25 bits per heavy atom. The number of methoxy groups -OCH3 is 1. The van der Waals surface area contributed by atoms with Crippen LogP contribution in [0.4, 0.5) is 0 Å². The molecule has 0 spiro atoms. The van der Waals surface area contributed by atoms with Gasteiger partial charge >= 0.3 is 5.97 Å². The summed E-state index contributed by atoms with van der Waals surface area (Å²) in [6, 6.07) is 0. The fourth-order valence-corrected chi connectivity index (χ4v) is 1.60. The van der Waals surface area contributed by atoms with Crippen molar-refractivity contribution in [3.63, 3.8) is 0 Å². The van der Waals surface area contributed by atoms with Crippen molar-refractivity contribution in [3.05, 3.63) is 0 Å². The fourth-order valence-electron chi connectivity index (χ4n) is 1.60. The van der Waals surface area contributed by atoms with Crippen LogP contribution in [0.1, 0.15) is 13.8 Å². The summed E-state index contributed by atoms with van der Waals surface area (Å²) in [4.78, 5) is 11.1. The Balaban J connectivity index is 2.66. The van der Waals surface area contributed by atoms with E-state index in [4.69, 9.17) is 5.21 Å². The average molecular weight is 171 g/mol. The topological polar surface area (TPSA) is 58.9 Å². The maximum atomic E-state index is 11.1. The molecule has 1 N–H and O–H groups in total. The molecule has 0 aromatic heterocycles. The van der Waals surface area contributed by atoms with Crippen molar-refractivity contribution in [2.45, 2.75) is 13.8 Å². The lowest BCUT2D eigenvalue weighted by molar-refractivity contribution is -0.143. The standard InChI is InChI=1S/C8H13NO3/c1-8(2)5(4-9-11)6(8)7(10)12-3/h4-6,11H,1-3H3/b9-4-. The summed E-state index contributed by atoms with van der Waals surface area (Å²) in [5.41, 5.74) is -0.126.